The van der Waals surface area contributed by atoms with E-state index in [1.165, 1.54) is 0 Å². The first-order valence-corrected chi connectivity index (χ1v) is 7.59. The van der Waals surface area contributed by atoms with Crippen LogP contribution in [-0.4, -0.2) is 22.5 Å². The average Bonchev–Trinajstić information content (AvgIpc) is 2.92. The summed E-state index contributed by atoms with van der Waals surface area (Å²) in [7, 11) is 0. The van der Waals surface area contributed by atoms with Gasteiger partial charge in [0.15, 0.2) is 0 Å². The van der Waals surface area contributed by atoms with Crippen LogP contribution in [0.5, 0.6) is 0 Å². The minimum Gasteiger partial charge on any atom is -0.466 e. The van der Waals surface area contributed by atoms with Gasteiger partial charge in [-0.05, 0) is 32.1 Å². The SMILES string of the molecule is CCOC(=O)Cc1c(N)nc(C2CCC(CC)C2)[nH]c1=O. The largest absolute Gasteiger partial charge is 0.466 e. The Hall–Kier alpha value is -1.85. The number of aromatic amines is 1. The second-order valence-electron chi connectivity index (χ2n) is 5.58. The fourth-order valence-corrected chi connectivity index (χ4v) is 2.95. The molecule has 6 nitrogen and oxygen atoms in total. The van der Waals surface area contributed by atoms with Crippen LogP contribution < -0.4 is 11.3 Å². The van der Waals surface area contributed by atoms with E-state index in [4.69, 9.17) is 10.5 Å². The monoisotopic (exact) mass is 293 g/mol. The van der Waals surface area contributed by atoms with Crippen molar-refractivity contribution < 1.29 is 9.53 Å². The zero-order valence-electron chi connectivity index (χ0n) is 12.6. The Labute approximate surface area is 124 Å². The van der Waals surface area contributed by atoms with Crippen LogP contribution in [0.3, 0.4) is 0 Å². The summed E-state index contributed by atoms with van der Waals surface area (Å²) in [6, 6.07) is 0. The van der Waals surface area contributed by atoms with Crippen molar-refractivity contribution >= 4 is 11.8 Å². The molecule has 21 heavy (non-hydrogen) atoms. The van der Waals surface area contributed by atoms with E-state index >= 15 is 0 Å². The molecule has 6 heteroatoms. The molecule has 1 fully saturated rings. The topological polar surface area (TPSA) is 98.1 Å². The fraction of sp³-hybridized carbons (Fsp3) is 0.667. The number of rotatable bonds is 5. The molecular weight excluding hydrogens is 270 g/mol. The minimum atomic E-state index is -0.462. The number of anilines is 1. The summed E-state index contributed by atoms with van der Waals surface area (Å²) in [5.74, 6) is 1.29. The highest BCUT2D eigenvalue weighted by Crippen LogP contribution is 2.38. The molecule has 1 saturated carbocycles. The van der Waals surface area contributed by atoms with Gasteiger partial charge >= 0.3 is 5.97 Å². The van der Waals surface area contributed by atoms with Crippen molar-refractivity contribution in [2.45, 2.75) is 51.9 Å². The minimum absolute atomic E-state index is 0.134. The van der Waals surface area contributed by atoms with E-state index in [2.05, 4.69) is 16.9 Å². The lowest BCUT2D eigenvalue weighted by atomic mass is 10.0. The third kappa shape index (κ3) is 3.62. The number of ether oxygens (including phenoxy) is 1. The Morgan fingerprint density at radius 2 is 2.19 bits per heavy atom. The second kappa shape index (κ2) is 6.74. The van der Waals surface area contributed by atoms with Crippen LogP contribution >= 0.6 is 0 Å². The molecule has 0 saturated heterocycles. The van der Waals surface area contributed by atoms with Gasteiger partial charge in [-0.1, -0.05) is 13.3 Å². The standard InChI is InChI=1S/C15H23N3O3/c1-3-9-5-6-10(7-9)14-17-13(16)11(15(20)18-14)8-12(19)21-4-2/h9-10H,3-8H2,1-2H3,(H3,16,17,18,20). The maximum atomic E-state index is 12.1. The van der Waals surface area contributed by atoms with Crippen LogP contribution in [0.15, 0.2) is 4.79 Å². The van der Waals surface area contributed by atoms with E-state index in [0.717, 1.165) is 25.7 Å². The first-order valence-electron chi connectivity index (χ1n) is 7.59. The normalized spacial score (nSPS) is 21.4. The molecule has 0 spiro atoms. The number of nitrogens with two attached hydrogens (primary N) is 1. The maximum absolute atomic E-state index is 12.1. The first kappa shape index (κ1) is 15.5. The summed E-state index contributed by atoms with van der Waals surface area (Å²) in [5, 5.41) is 0. The molecule has 1 aliphatic carbocycles. The number of nitrogens with one attached hydrogen (secondary N) is 1. The third-order valence-electron chi connectivity index (χ3n) is 4.20. The van der Waals surface area contributed by atoms with Gasteiger partial charge in [0.05, 0.1) is 18.6 Å². The van der Waals surface area contributed by atoms with Gasteiger partial charge < -0.3 is 15.5 Å². The summed E-state index contributed by atoms with van der Waals surface area (Å²) in [6.45, 7) is 4.18. The number of aromatic nitrogens is 2. The highest BCUT2D eigenvalue weighted by Gasteiger charge is 2.27. The van der Waals surface area contributed by atoms with Crippen LogP contribution in [0.2, 0.25) is 0 Å². The molecule has 1 heterocycles. The van der Waals surface area contributed by atoms with E-state index in [1.807, 2.05) is 0 Å². The Morgan fingerprint density at radius 3 is 2.76 bits per heavy atom. The Morgan fingerprint density at radius 1 is 1.43 bits per heavy atom. The van der Waals surface area contributed by atoms with Gasteiger partial charge in [0.2, 0.25) is 0 Å². The average molecular weight is 293 g/mol. The molecule has 0 bridgehead atoms. The molecule has 0 aliphatic heterocycles. The van der Waals surface area contributed by atoms with Crippen molar-refractivity contribution in [1.29, 1.82) is 0 Å². The molecular formula is C15H23N3O3. The van der Waals surface area contributed by atoms with Crippen LogP contribution in [0.4, 0.5) is 5.82 Å². The summed E-state index contributed by atoms with van der Waals surface area (Å²) < 4.78 is 4.84. The Balaban J connectivity index is 2.17. The van der Waals surface area contributed by atoms with Crippen LogP contribution in [-0.2, 0) is 16.0 Å². The molecule has 3 N–H and O–H groups in total. The summed E-state index contributed by atoms with van der Waals surface area (Å²) in [4.78, 5) is 30.7. The van der Waals surface area contributed by atoms with Gasteiger partial charge in [-0.15, -0.1) is 0 Å². The number of H-pyrrole nitrogens is 1. The molecule has 1 aromatic rings. The lowest BCUT2D eigenvalue weighted by molar-refractivity contribution is -0.142. The number of hydrogen-bond donors (Lipinski definition) is 2. The van der Waals surface area contributed by atoms with Crippen molar-refractivity contribution in [3.63, 3.8) is 0 Å². The van der Waals surface area contributed by atoms with Gasteiger partial charge in [0.25, 0.3) is 5.56 Å². The molecule has 0 aromatic carbocycles. The van der Waals surface area contributed by atoms with E-state index in [0.29, 0.717) is 11.7 Å². The van der Waals surface area contributed by atoms with Gasteiger partial charge in [0.1, 0.15) is 11.6 Å². The van der Waals surface area contributed by atoms with Crippen LogP contribution in [0.1, 0.15) is 56.8 Å². The van der Waals surface area contributed by atoms with Crippen molar-refractivity contribution in [2.24, 2.45) is 5.92 Å². The zero-order valence-corrected chi connectivity index (χ0v) is 12.6. The summed E-state index contributed by atoms with van der Waals surface area (Å²) in [5.41, 5.74) is 5.73. The van der Waals surface area contributed by atoms with Crippen molar-refractivity contribution in [3.05, 3.63) is 21.7 Å². The molecule has 1 aliphatic rings. The molecule has 2 rings (SSSR count). The lowest BCUT2D eigenvalue weighted by Gasteiger charge is -2.12. The third-order valence-corrected chi connectivity index (χ3v) is 4.20. The molecule has 0 amide bonds. The van der Waals surface area contributed by atoms with Crippen molar-refractivity contribution in [1.82, 2.24) is 9.97 Å². The number of esters is 1. The lowest BCUT2D eigenvalue weighted by Crippen LogP contribution is -2.24. The van der Waals surface area contributed by atoms with Gasteiger partial charge in [0, 0.05) is 5.92 Å². The highest BCUT2D eigenvalue weighted by molar-refractivity contribution is 5.74. The van der Waals surface area contributed by atoms with Crippen LogP contribution in [0, 0.1) is 5.92 Å². The molecule has 2 atom stereocenters. The highest BCUT2D eigenvalue weighted by atomic mass is 16.5. The fourth-order valence-electron chi connectivity index (χ4n) is 2.95. The predicted octanol–water partition coefficient (Wildman–Crippen LogP) is 1.75. The number of carbonyl (C=O) groups excluding carboxylic acids is 1. The predicted molar refractivity (Wildman–Crippen MR) is 80.0 cm³/mol. The number of nitrogen functional groups attached to an aromatic ring is 1. The van der Waals surface area contributed by atoms with E-state index in [-0.39, 0.29) is 35.9 Å². The first-order chi connectivity index (χ1) is 10.0. The van der Waals surface area contributed by atoms with E-state index in [1.54, 1.807) is 6.92 Å². The number of carbonyl (C=O) groups is 1. The van der Waals surface area contributed by atoms with Crippen molar-refractivity contribution in [3.8, 4) is 0 Å². The Kier molecular flexibility index (Phi) is 4.98. The summed E-state index contributed by atoms with van der Waals surface area (Å²) in [6.07, 6.45) is 4.24. The van der Waals surface area contributed by atoms with Gasteiger partial charge in [-0.3, -0.25) is 9.59 Å². The Bertz CT molecular complexity index is 568. The second-order valence-corrected chi connectivity index (χ2v) is 5.58. The van der Waals surface area contributed by atoms with Crippen molar-refractivity contribution in [2.75, 3.05) is 12.3 Å². The number of nitrogens with zero attached hydrogens (tertiary/aromatic N) is 1. The smallest absolute Gasteiger partial charge is 0.310 e. The summed E-state index contributed by atoms with van der Waals surface area (Å²) >= 11 is 0. The number of hydrogen-bond acceptors (Lipinski definition) is 5. The zero-order chi connectivity index (χ0) is 15.4. The van der Waals surface area contributed by atoms with E-state index < -0.39 is 5.97 Å². The van der Waals surface area contributed by atoms with Crippen LogP contribution in [0.25, 0.3) is 0 Å². The quantitative estimate of drug-likeness (QED) is 0.806. The molecule has 1 aromatic heterocycles. The van der Waals surface area contributed by atoms with E-state index in [9.17, 15) is 9.59 Å². The molecule has 0 radical (unpaired) electrons. The molecule has 2 unspecified atom stereocenters. The van der Waals surface area contributed by atoms with Gasteiger partial charge in [-0.2, -0.15) is 0 Å². The maximum Gasteiger partial charge on any atom is 0.310 e. The van der Waals surface area contributed by atoms with Gasteiger partial charge in [-0.25, -0.2) is 4.98 Å². The molecule has 116 valence electrons.